The molecule has 0 spiro atoms. The summed E-state index contributed by atoms with van der Waals surface area (Å²) in [5.41, 5.74) is 8.45. The van der Waals surface area contributed by atoms with Crippen molar-refractivity contribution in [2.24, 2.45) is 0 Å². The summed E-state index contributed by atoms with van der Waals surface area (Å²) in [6.07, 6.45) is 6.26. The van der Waals surface area contributed by atoms with E-state index < -0.39 is 11.6 Å². The molecule has 0 saturated carbocycles. The molecule has 3 aromatic rings. The number of aliphatic hydroxyl groups is 1. The highest BCUT2D eigenvalue weighted by Gasteiger charge is 2.23. The van der Waals surface area contributed by atoms with Gasteiger partial charge in [-0.3, -0.25) is 4.90 Å². The molecule has 9 nitrogen and oxygen atoms in total. The molecule has 2 aliphatic rings. The van der Waals surface area contributed by atoms with Gasteiger partial charge in [-0.2, -0.15) is 15.1 Å². The predicted molar refractivity (Wildman–Crippen MR) is 135 cm³/mol. The number of aliphatic hydroxyl groups excluding tert-OH is 1. The van der Waals surface area contributed by atoms with Gasteiger partial charge < -0.3 is 20.6 Å². The molecule has 2 fully saturated rings. The lowest BCUT2D eigenvalue weighted by Gasteiger charge is -2.35. The van der Waals surface area contributed by atoms with Gasteiger partial charge in [0, 0.05) is 69.2 Å². The molecule has 2 saturated heterocycles. The number of anilines is 3. The Kier molecular flexibility index (Phi) is 6.84. The second-order valence-electron chi connectivity index (χ2n) is 9.25. The number of nitrogens with zero attached hydrogens (tertiary/aromatic N) is 7. The molecule has 1 aromatic carbocycles. The van der Waals surface area contributed by atoms with Crippen molar-refractivity contribution < 1.29 is 13.9 Å². The SMILES string of the molecule is Cc1c(C=CCN2CCN(c3cc(F)cc(F)c3)CC2)cnn1-c1cc(N2CCC(O)C2)nc(N)n1. The molecule has 2 aromatic heterocycles. The first-order valence-electron chi connectivity index (χ1n) is 12.1. The fourth-order valence-corrected chi connectivity index (χ4v) is 4.72. The Bertz CT molecular complexity index is 1230. The molecule has 0 aliphatic carbocycles. The molecule has 0 amide bonds. The van der Waals surface area contributed by atoms with Crippen LogP contribution in [0, 0.1) is 18.6 Å². The molecule has 190 valence electrons. The predicted octanol–water partition coefficient (Wildman–Crippen LogP) is 2.24. The van der Waals surface area contributed by atoms with Crippen LogP contribution in [0.4, 0.5) is 26.2 Å². The van der Waals surface area contributed by atoms with Gasteiger partial charge >= 0.3 is 0 Å². The molecular formula is C25H30F2N8O. The van der Waals surface area contributed by atoms with Crippen LogP contribution in [0.5, 0.6) is 0 Å². The van der Waals surface area contributed by atoms with Crippen molar-refractivity contribution in [3.63, 3.8) is 0 Å². The van der Waals surface area contributed by atoms with Crippen LogP contribution < -0.4 is 15.5 Å². The van der Waals surface area contributed by atoms with Gasteiger partial charge in [0.1, 0.15) is 17.5 Å². The van der Waals surface area contributed by atoms with E-state index in [4.69, 9.17) is 5.73 Å². The van der Waals surface area contributed by atoms with Gasteiger partial charge in [-0.05, 0) is 25.5 Å². The van der Waals surface area contributed by atoms with Crippen LogP contribution in [0.25, 0.3) is 11.9 Å². The minimum absolute atomic E-state index is 0.163. The number of halogens is 2. The highest BCUT2D eigenvalue weighted by atomic mass is 19.1. The molecule has 2 aliphatic heterocycles. The van der Waals surface area contributed by atoms with Crippen molar-refractivity contribution in [2.75, 3.05) is 61.3 Å². The number of hydrogen-bond donors (Lipinski definition) is 2. The number of rotatable bonds is 6. The van der Waals surface area contributed by atoms with Gasteiger partial charge in [0.25, 0.3) is 0 Å². The Labute approximate surface area is 208 Å². The molecule has 0 radical (unpaired) electrons. The summed E-state index contributed by atoms with van der Waals surface area (Å²) in [5.74, 6) is 0.321. The first kappa shape index (κ1) is 24.1. The van der Waals surface area contributed by atoms with E-state index in [1.807, 2.05) is 28.9 Å². The van der Waals surface area contributed by atoms with Crippen LogP contribution in [0.3, 0.4) is 0 Å². The van der Waals surface area contributed by atoms with Crippen LogP contribution >= 0.6 is 0 Å². The third kappa shape index (κ3) is 5.31. The Hall–Kier alpha value is -3.57. The first-order chi connectivity index (χ1) is 17.4. The van der Waals surface area contributed by atoms with Gasteiger partial charge in [-0.15, -0.1) is 0 Å². The standard InChI is InChI=1S/C25H30F2N8O/c1-17-18(3-2-5-32-7-9-33(10-8-32)21-12-19(26)11-20(27)13-21)15-29-35(17)24-14-23(30-25(28)31-24)34-6-4-22(36)16-34/h2-3,11-15,22,36H,4-10,16H2,1H3,(H2,28,30,31). The van der Waals surface area contributed by atoms with E-state index in [-0.39, 0.29) is 12.1 Å². The topological polar surface area (TPSA) is 99.6 Å². The maximum atomic E-state index is 13.5. The molecule has 11 heteroatoms. The highest BCUT2D eigenvalue weighted by molar-refractivity contribution is 5.54. The quantitative estimate of drug-likeness (QED) is 0.536. The fraction of sp³-hybridized carbons (Fsp3) is 0.400. The maximum absolute atomic E-state index is 13.5. The smallest absolute Gasteiger partial charge is 0.224 e. The Morgan fingerprint density at radius 2 is 1.72 bits per heavy atom. The van der Waals surface area contributed by atoms with E-state index in [1.54, 1.807) is 10.9 Å². The van der Waals surface area contributed by atoms with Crippen LogP contribution in [0.1, 0.15) is 17.7 Å². The first-order valence-corrected chi connectivity index (χ1v) is 12.1. The van der Waals surface area contributed by atoms with E-state index >= 15 is 0 Å². The lowest BCUT2D eigenvalue weighted by atomic mass is 10.2. The number of nitrogen functional groups attached to an aromatic ring is 1. The third-order valence-corrected chi connectivity index (χ3v) is 6.71. The van der Waals surface area contributed by atoms with Gasteiger partial charge in [-0.1, -0.05) is 12.2 Å². The maximum Gasteiger partial charge on any atom is 0.224 e. The average Bonchev–Trinajstić information content (AvgIpc) is 3.44. The van der Waals surface area contributed by atoms with Crippen molar-refractivity contribution in [2.45, 2.75) is 19.4 Å². The zero-order chi connectivity index (χ0) is 25.2. The molecule has 5 rings (SSSR count). The molecule has 4 heterocycles. The summed E-state index contributed by atoms with van der Waals surface area (Å²) in [6, 6.07) is 5.49. The van der Waals surface area contributed by atoms with Crippen LogP contribution in [0.2, 0.25) is 0 Å². The zero-order valence-corrected chi connectivity index (χ0v) is 20.2. The summed E-state index contributed by atoms with van der Waals surface area (Å²) >= 11 is 0. The van der Waals surface area contributed by atoms with E-state index in [2.05, 4.69) is 26.0 Å². The Balaban J connectivity index is 1.21. The normalized spacial score (nSPS) is 19.1. The number of aromatic nitrogens is 4. The molecule has 36 heavy (non-hydrogen) atoms. The van der Waals surface area contributed by atoms with Crippen LogP contribution in [-0.2, 0) is 0 Å². The average molecular weight is 497 g/mol. The van der Waals surface area contributed by atoms with Gasteiger partial charge in [0.2, 0.25) is 5.95 Å². The number of piperazine rings is 1. The third-order valence-electron chi connectivity index (χ3n) is 6.71. The minimum atomic E-state index is -0.554. The van der Waals surface area contributed by atoms with Crippen molar-refractivity contribution in [3.8, 4) is 5.82 Å². The lowest BCUT2D eigenvalue weighted by molar-refractivity contribution is 0.198. The second-order valence-corrected chi connectivity index (χ2v) is 9.25. The van der Waals surface area contributed by atoms with E-state index in [0.717, 1.165) is 43.5 Å². The second kappa shape index (κ2) is 10.2. The van der Waals surface area contributed by atoms with Crippen LogP contribution in [0.15, 0.2) is 36.5 Å². The highest BCUT2D eigenvalue weighted by Crippen LogP contribution is 2.23. The number of hydrogen-bond acceptors (Lipinski definition) is 8. The molecule has 1 atom stereocenters. The largest absolute Gasteiger partial charge is 0.391 e. The van der Waals surface area contributed by atoms with Gasteiger partial charge in [-0.25, -0.2) is 13.5 Å². The van der Waals surface area contributed by atoms with Crippen molar-refractivity contribution in [1.82, 2.24) is 24.6 Å². The Morgan fingerprint density at radius 3 is 2.42 bits per heavy atom. The molecular weight excluding hydrogens is 466 g/mol. The van der Waals surface area contributed by atoms with E-state index in [9.17, 15) is 13.9 Å². The van der Waals surface area contributed by atoms with Crippen molar-refractivity contribution in [3.05, 3.63) is 59.4 Å². The molecule has 1 unspecified atom stereocenters. The molecule has 3 N–H and O–H groups in total. The summed E-state index contributed by atoms with van der Waals surface area (Å²) in [5, 5.41) is 14.4. The van der Waals surface area contributed by atoms with Crippen LogP contribution in [-0.4, -0.2) is 81.7 Å². The number of β-amino-alcohol motifs (C(OH)–C–C–N with tert-alkyl or cyclic N) is 1. The van der Waals surface area contributed by atoms with Crippen molar-refractivity contribution in [1.29, 1.82) is 0 Å². The summed E-state index contributed by atoms with van der Waals surface area (Å²) in [7, 11) is 0. The fourth-order valence-electron chi connectivity index (χ4n) is 4.72. The lowest BCUT2D eigenvalue weighted by Crippen LogP contribution is -2.46. The van der Waals surface area contributed by atoms with Gasteiger partial charge in [0.05, 0.1) is 18.0 Å². The zero-order valence-electron chi connectivity index (χ0n) is 20.2. The monoisotopic (exact) mass is 496 g/mol. The number of nitrogens with two attached hydrogens (primary N) is 1. The molecule has 0 bridgehead atoms. The number of benzene rings is 1. The summed E-state index contributed by atoms with van der Waals surface area (Å²) < 4.78 is 28.8. The minimum Gasteiger partial charge on any atom is -0.391 e. The van der Waals surface area contributed by atoms with Gasteiger partial charge in [0.15, 0.2) is 5.82 Å². The van der Waals surface area contributed by atoms with E-state index in [0.29, 0.717) is 43.4 Å². The van der Waals surface area contributed by atoms with Crippen molar-refractivity contribution >= 4 is 23.5 Å². The summed E-state index contributed by atoms with van der Waals surface area (Å²) in [6.45, 7) is 6.99. The summed E-state index contributed by atoms with van der Waals surface area (Å²) in [4.78, 5) is 15.0. The van der Waals surface area contributed by atoms with E-state index in [1.165, 1.54) is 12.1 Å². The Morgan fingerprint density at radius 1 is 1.00 bits per heavy atom.